The predicted molar refractivity (Wildman–Crippen MR) is 88.2 cm³/mol. The maximum absolute atomic E-state index is 3.57. The van der Waals surface area contributed by atoms with Crippen molar-refractivity contribution in [1.82, 2.24) is 0 Å². The molecule has 0 heterocycles. The first-order valence-corrected chi connectivity index (χ1v) is 8.16. The minimum atomic E-state index is 0.865. The van der Waals surface area contributed by atoms with Gasteiger partial charge in [-0.25, -0.2) is 0 Å². The molecular weight excluding hydrogens is 228 g/mol. The van der Waals surface area contributed by atoms with E-state index in [1.165, 1.54) is 70.6 Å². The van der Waals surface area contributed by atoms with E-state index in [1.54, 1.807) is 6.08 Å². The average Bonchev–Trinajstić information content (AvgIpc) is 2.43. The number of unbranched alkanes of at least 4 members (excludes halogenated alkanes) is 10. The molecule has 0 atom stereocenters. The topological polar surface area (TPSA) is 0 Å². The third-order valence-electron chi connectivity index (χ3n) is 3.32. The van der Waals surface area contributed by atoms with Gasteiger partial charge >= 0.3 is 0 Å². The first-order valence-electron chi connectivity index (χ1n) is 8.16. The van der Waals surface area contributed by atoms with Gasteiger partial charge < -0.3 is 0 Å². The molecule has 0 aromatic heterocycles. The first kappa shape index (κ1) is 18.0. The maximum atomic E-state index is 3.57. The van der Waals surface area contributed by atoms with Crippen LogP contribution in [0.4, 0.5) is 0 Å². The molecule has 0 saturated heterocycles. The van der Waals surface area contributed by atoms with E-state index in [-0.39, 0.29) is 0 Å². The molecule has 0 aromatic rings. The van der Waals surface area contributed by atoms with Gasteiger partial charge in [-0.2, -0.15) is 0 Å². The summed E-state index contributed by atoms with van der Waals surface area (Å²) in [6.45, 7) is 5.84. The second-order valence-electron chi connectivity index (χ2n) is 5.17. The summed E-state index contributed by atoms with van der Waals surface area (Å²) in [7, 11) is 0. The van der Waals surface area contributed by atoms with Gasteiger partial charge in [0.25, 0.3) is 0 Å². The summed E-state index contributed by atoms with van der Waals surface area (Å²) in [5, 5.41) is 0. The molecule has 108 valence electrons. The summed E-state index contributed by atoms with van der Waals surface area (Å²) >= 11 is 0. The van der Waals surface area contributed by atoms with E-state index in [2.05, 4.69) is 37.5 Å². The zero-order valence-corrected chi connectivity index (χ0v) is 12.9. The van der Waals surface area contributed by atoms with Gasteiger partial charge in [0.05, 0.1) is 0 Å². The normalized spacial score (nSPS) is 10.4. The highest BCUT2D eigenvalue weighted by Gasteiger charge is 1.91. The van der Waals surface area contributed by atoms with Crippen molar-refractivity contribution in [3.8, 4) is 11.8 Å². The van der Waals surface area contributed by atoms with E-state index in [0.29, 0.717) is 0 Å². The molecule has 0 unspecified atom stereocenters. The number of allylic oxidation sites excluding steroid dienone is 3. The zero-order valence-electron chi connectivity index (χ0n) is 12.9. The zero-order chi connectivity index (χ0) is 14.0. The monoisotopic (exact) mass is 260 g/mol. The molecule has 19 heavy (non-hydrogen) atoms. The number of hydrogen-bond donors (Lipinski definition) is 0. The van der Waals surface area contributed by atoms with E-state index in [4.69, 9.17) is 0 Å². The molecular formula is C19H32. The second-order valence-corrected chi connectivity index (χ2v) is 5.17. The van der Waals surface area contributed by atoms with Crippen LogP contribution < -0.4 is 0 Å². The molecule has 0 radical (unpaired) electrons. The van der Waals surface area contributed by atoms with E-state index in [9.17, 15) is 0 Å². The number of hydrogen-bond acceptors (Lipinski definition) is 0. The summed E-state index contributed by atoms with van der Waals surface area (Å²) in [4.78, 5) is 0. The van der Waals surface area contributed by atoms with Gasteiger partial charge in [0, 0.05) is 6.42 Å². The quantitative estimate of drug-likeness (QED) is 0.215. The molecule has 0 aliphatic rings. The fourth-order valence-electron chi connectivity index (χ4n) is 2.14. The van der Waals surface area contributed by atoms with Crippen molar-refractivity contribution in [2.24, 2.45) is 0 Å². The van der Waals surface area contributed by atoms with Crippen LogP contribution >= 0.6 is 0 Å². The minimum absolute atomic E-state index is 0.865. The van der Waals surface area contributed by atoms with Crippen LogP contribution in [0.25, 0.3) is 0 Å². The van der Waals surface area contributed by atoms with E-state index >= 15 is 0 Å². The third kappa shape index (κ3) is 17.0. The van der Waals surface area contributed by atoms with Crippen LogP contribution in [0.5, 0.6) is 0 Å². The van der Waals surface area contributed by atoms with Crippen LogP contribution in [0.1, 0.15) is 84.0 Å². The minimum Gasteiger partial charge on any atom is -0.0944 e. The van der Waals surface area contributed by atoms with Crippen molar-refractivity contribution in [1.29, 1.82) is 0 Å². The Morgan fingerprint density at radius 3 is 1.95 bits per heavy atom. The molecule has 0 bridgehead atoms. The van der Waals surface area contributed by atoms with Crippen molar-refractivity contribution in [3.63, 3.8) is 0 Å². The fraction of sp³-hybridized carbons (Fsp3) is 0.684. The Bertz CT molecular complexity index is 261. The molecule has 0 saturated carbocycles. The van der Waals surface area contributed by atoms with E-state index in [0.717, 1.165) is 6.42 Å². The van der Waals surface area contributed by atoms with Crippen LogP contribution in [0.15, 0.2) is 24.8 Å². The van der Waals surface area contributed by atoms with Gasteiger partial charge in [-0.15, -0.1) is 0 Å². The van der Waals surface area contributed by atoms with Crippen LogP contribution in [-0.2, 0) is 0 Å². The Balaban J connectivity index is 3.08. The smallest absolute Gasteiger partial charge is 0.0273 e. The van der Waals surface area contributed by atoms with Gasteiger partial charge in [0.1, 0.15) is 0 Å². The molecule has 0 heteroatoms. The van der Waals surface area contributed by atoms with E-state index in [1.807, 2.05) is 0 Å². The molecule has 0 aliphatic carbocycles. The van der Waals surface area contributed by atoms with Crippen molar-refractivity contribution in [2.75, 3.05) is 0 Å². The van der Waals surface area contributed by atoms with Gasteiger partial charge in [-0.05, 0) is 18.9 Å². The van der Waals surface area contributed by atoms with Crippen LogP contribution in [0, 0.1) is 11.8 Å². The Morgan fingerprint density at radius 1 is 0.789 bits per heavy atom. The maximum Gasteiger partial charge on any atom is 0.0273 e. The molecule has 0 spiro atoms. The summed E-state index contributed by atoms with van der Waals surface area (Å²) in [5.74, 6) is 5.87. The van der Waals surface area contributed by atoms with Gasteiger partial charge in [0.15, 0.2) is 0 Å². The molecule has 0 nitrogen and oxygen atoms in total. The summed E-state index contributed by atoms with van der Waals surface area (Å²) < 4.78 is 0. The van der Waals surface area contributed by atoms with Crippen molar-refractivity contribution in [3.05, 3.63) is 24.8 Å². The van der Waals surface area contributed by atoms with Crippen LogP contribution in [0.3, 0.4) is 0 Å². The summed E-state index contributed by atoms with van der Waals surface area (Å²) in [5.41, 5.74) is 0. The highest BCUT2D eigenvalue weighted by molar-refractivity contribution is 5.14. The van der Waals surface area contributed by atoms with Gasteiger partial charge in [0.2, 0.25) is 0 Å². The lowest BCUT2D eigenvalue weighted by Gasteiger charge is -2.01. The fourth-order valence-corrected chi connectivity index (χ4v) is 2.14. The van der Waals surface area contributed by atoms with Gasteiger partial charge in [-0.3, -0.25) is 0 Å². The SMILES string of the molecule is C=CC#CCC=CCCCCCCCCCCCC. The highest BCUT2D eigenvalue weighted by atomic mass is 14.0. The van der Waals surface area contributed by atoms with Crippen molar-refractivity contribution < 1.29 is 0 Å². The largest absolute Gasteiger partial charge is 0.0944 e. The predicted octanol–water partition coefficient (Wildman–Crippen LogP) is 6.43. The van der Waals surface area contributed by atoms with Crippen LogP contribution in [0.2, 0.25) is 0 Å². The third-order valence-corrected chi connectivity index (χ3v) is 3.32. The van der Waals surface area contributed by atoms with E-state index < -0.39 is 0 Å². The Morgan fingerprint density at radius 2 is 1.37 bits per heavy atom. The highest BCUT2D eigenvalue weighted by Crippen LogP contribution is 2.11. The Kier molecular flexibility index (Phi) is 16.2. The molecule has 0 amide bonds. The first-order chi connectivity index (χ1) is 9.41. The number of rotatable bonds is 12. The summed E-state index contributed by atoms with van der Waals surface area (Å²) in [6.07, 6.45) is 22.3. The lowest BCUT2D eigenvalue weighted by Crippen LogP contribution is -1.81. The molecule has 0 aliphatic heterocycles. The lowest BCUT2D eigenvalue weighted by molar-refractivity contribution is 0.557. The molecule has 0 fully saturated rings. The molecule has 0 N–H and O–H groups in total. The van der Waals surface area contributed by atoms with Crippen molar-refractivity contribution in [2.45, 2.75) is 84.0 Å². The average molecular weight is 260 g/mol. The molecule has 0 rings (SSSR count). The standard InChI is InChI=1S/C19H32/c1-3-5-7-9-11-13-15-17-19-18-16-14-12-10-8-6-4-2/h3,11,13H,1,4,6,8-10,12,14-19H2,2H3. The molecule has 0 aromatic carbocycles. The second kappa shape index (κ2) is 17.0. The summed E-state index contributed by atoms with van der Waals surface area (Å²) in [6, 6.07) is 0. The van der Waals surface area contributed by atoms with Crippen LogP contribution in [-0.4, -0.2) is 0 Å². The van der Waals surface area contributed by atoms with Gasteiger partial charge in [-0.1, -0.05) is 95.3 Å². The Labute approximate surface area is 121 Å². The Hall–Kier alpha value is -0.960. The lowest BCUT2D eigenvalue weighted by atomic mass is 10.1. The van der Waals surface area contributed by atoms with Crippen molar-refractivity contribution >= 4 is 0 Å².